The Bertz CT molecular complexity index is 1030. The molecule has 11 heteroatoms. The summed E-state index contributed by atoms with van der Waals surface area (Å²) < 4.78 is 78.7. The zero-order valence-corrected chi connectivity index (χ0v) is 17.2. The van der Waals surface area contributed by atoms with Crippen LogP contribution in [-0.2, 0) is 18.9 Å². The number of carbonyl (C=O) groups is 1. The maximum atomic E-state index is 13.4. The lowest BCUT2D eigenvalue weighted by Gasteiger charge is -2.22. The highest BCUT2D eigenvalue weighted by atomic mass is 32.2. The van der Waals surface area contributed by atoms with Crippen LogP contribution >= 0.6 is 11.8 Å². The van der Waals surface area contributed by atoms with Crippen molar-refractivity contribution in [2.45, 2.75) is 18.9 Å². The molecule has 4 rings (SSSR count). The molecule has 0 bridgehead atoms. The van der Waals surface area contributed by atoms with Crippen molar-refractivity contribution >= 4 is 22.8 Å². The Morgan fingerprint density at radius 1 is 1.19 bits per heavy atom. The van der Waals surface area contributed by atoms with Crippen LogP contribution in [0.3, 0.4) is 0 Å². The number of benzene rings is 1. The molecule has 0 radical (unpaired) electrons. The van der Waals surface area contributed by atoms with Gasteiger partial charge in [0.05, 0.1) is 16.0 Å². The lowest BCUT2D eigenvalue weighted by Crippen LogP contribution is -2.26. The average molecular weight is 473 g/mol. The molecule has 32 heavy (non-hydrogen) atoms. The van der Waals surface area contributed by atoms with Crippen LogP contribution in [0, 0.1) is 30.1 Å². The minimum atomic E-state index is -4.88. The molecule has 2 saturated heterocycles. The quantitative estimate of drug-likeness (QED) is 0.506. The summed E-state index contributed by atoms with van der Waals surface area (Å²) in [6.07, 6.45) is -2.58. The smallest absolute Gasteiger partial charge is 0.300 e. The molecule has 3 fully saturated rings. The van der Waals surface area contributed by atoms with Gasteiger partial charge in [0.25, 0.3) is 5.24 Å². The van der Waals surface area contributed by atoms with Crippen LogP contribution in [0.25, 0.3) is 0 Å². The number of amidine groups is 1. The molecular weight excluding hydrogens is 456 g/mol. The van der Waals surface area contributed by atoms with E-state index in [0.29, 0.717) is 29.9 Å². The van der Waals surface area contributed by atoms with Gasteiger partial charge in [-0.15, -0.1) is 6.42 Å². The molecule has 0 aromatic heterocycles. The number of carbonyl (C=O) groups excluding carboxylic acids is 1. The van der Waals surface area contributed by atoms with Crippen LogP contribution in [0.5, 0.6) is 0 Å². The number of likely N-dealkylation sites (tertiary alicyclic amines) is 1. The van der Waals surface area contributed by atoms with Crippen molar-refractivity contribution in [3.05, 3.63) is 45.9 Å². The fraction of sp³-hybridized carbons (Fsp3) is 0.429. The van der Waals surface area contributed by atoms with E-state index in [4.69, 9.17) is 6.42 Å². The summed E-state index contributed by atoms with van der Waals surface area (Å²) in [5, 5.41) is 2.38. The topological polar surface area (TPSA) is 44.7 Å². The Morgan fingerprint density at radius 2 is 1.88 bits per heavy atom. The molecule has 1 saturated carbocycles. The highest BCUT2D eigenvalue weighted by Crippen LogP contribution is 2.54. The van der Waals surface area contributed by atoms with Gasteiger partial charge in [0, 0.05) is 19.6 Å². The monoisotopic (exact) mass is 473 g/mol. The third-order valence-corrected chi connectivity index (χ3v) is 6.64. The van der Waals surface area contributed by atoms with E-state index in [9.17, 15) is 31.1 Å². The van der Waals surface area contributed by atoms with Crippen molar-refractivity contribution in [3.8, 4) is 12.3 Å². The third-order valence-electron chi connectivity index (χ3n) is 5.80. The number of nitrogens with zero attached hydrogens (tertiary/aromatic N) is 2. The van der Waals surface area contributed by atoms with Gasteiger partial charge in [-0.25, -0.2) is 0 Å². The Balaban J connectivity index is 1.43. The number of piperidine rings is 1. The molecule has 170 valence electrons. The molecule has 0 spiro atoms. The summed E-state index contributed by atoms with van der Waals surface area (Å²) in [6, 6.07) is 1.78. The molecule has 1 amide bonds. The summed E-state index contributed by atoms with van der Waals surface area (Å²) in [5.41, 5.74) is -2.75. The van der Waals surface area contributed by atoms with Crippen molar-refractivity contribution in [3.63, 3.8) is 0 Å². The summed E-state index contributed by atoms with van der Waals surface area (Å²) >= 11 is 1.02. The van der Waals surface area contributed by atoms with Gasteiger partial charge in [0.15, 0.2) is 0 Å². The van der Waals surface area contributed by atoms with E-state index in [0.717, 1.165) is 17.8 Å². The van der Waals surface area contributed by atoms with E-state index >= 15 is 0 Å². The number of nitrogens with one attached hydrogen (secondary N) is 1. The summed E-state index contributed by atoms with van der Waals surface area (Å²) in [6.45, 7) is 1.11. The second kappa shape index (κ2) is 8.15. The van der Waals surface area contributed by atoms with Gasteiger partial charge in [-0.1, -0.05) is 18.1 Å². The fourth-order valence-corrected chi connectivity index (χ4v) is 5.08. The Labute approximate surface area is 184 Å². The van der Waals surface area contributed by atoms with E-state index in [-0.39, 0.29) is 47.7 Å². The molecule has 4 nitrogen and oxygen atoms in total. The van der Waals surface area contributed by atoms with Gasteiger partial charge in [-0.2, -0.15) is 26.3 Å². The zero-order valence-electron chi connectivity index (χ0n) is 16.4. The number of thioether (sulfide) groups is 1. The first kappa shape index (κ1) is 22.7. The first-order chi connectivity index (χ1) is 15.0. The van der Waals surface area contributed by atoms with Crippen LogP contribution in [0.2, 0.25) is 0 Å². The van der Waals surface area contributed by atoms with Gasteiger partial charge in [0.1, 0.15) is 12.4 Å². The van der Waals surface area contributed by atoms with Gasteiger partial charge in [0.2, 0.25) is 0 Å². The van der Waals surface area contributed by atoms with E-state index in [2.05, 4.69) is 16.2 Å². The second-order valence-corrected chi connectivity index (χ2v) is 8.90. The molecule has 1 unspecified atom stereocenters. The van der Waals surface area contributed by atoms with E-state index < -0.39 is 23.5 Å². The number of amides is 1. The molecule has 1 N–H and O–H groups in total. The normalized spacial score (nSPS) is 28.2. The number of terminal acetylenes is 1. The lowest BCUT2D eigenvalue weighted by molar-refractivity contribution is -0.143. The van der Waals surface area contributed by atoms with Crippen LogP contribution in [-0.4, -0.2) is 35.6 Å². The highest BCUT2D eigenvalue weighted by molar-refractivity contribution is 8.18. The molecule has 1 aromatic rings. The number of aliphatic imine (C=N–C) groups is 1. The number of rotatable bonds is 4. The second-order valence-electron chi connectivity index (χ2n) is 7.88. The number of fused-ring (bicyclic) bond motifs is 1. The molecular formula is C21H17F6N3OS. The van der Waals surface area contributed by atoms with E-state index in [1.807, 2.05) is 11.0 Å². The predicted molar refractivity (Wildman–Crippen MR) is 108 cm³/mol. The summed E-state index contributed by atoms with van der Waals surface area (Å²) in [4.78, 5) is 18.3. The maximum Gasteiger partial charge on any atom is 0.416 e. The van der Waals surface area contributed by atoms with Crippen molar-refractivity contribution in [1.82, 2.24) is 10.2 Å². The number of halogens is 6. The van der Waals surface area contributed by atoms with Crippen molar-refractivity contribution in [1.29, 1.82) is 0 Å². The largest absolute Gasteiger partial charge is 0.416 e. The number of hydrogen-bond donors (Lipinski definition) is 1. The average Bonchev–Trinajstić information content (AvgIpc) is 3.00. The van der Waals surface area contributed by atoms with Crippen LogP contribution in [0.1, 0.15) is 16.7 Å². The van der Waals surface area contributed by atoms with Crippen LogP contribution in [0.15, 0.2) is 34.2 Å². The van der Waals surface area contributed by atoms with E-state index in [1.54, 1.807) is 0 Å². The van der Waals surface area contributed by atoms with E-state index in [1.165, 1.54) is 0 Å². The standard InChI is InChI=1S/C21H17F6N3OS/c1-2-5-28-18-17(32-19(31)29-18)7-13-14-9-30(10-15(13)14)8-11-3-4-12(20(22,23)24)6-16(11)21(25,26)27/h1,3-4,6-7,13-15H,5,8-10H2,(H,28,29,31)/t13?,14-,15+. The van der Waals surface area contributed by atoms with Gasteiger partial charge in [-0.05, 0) is 47.2 Å². The van der Waals surface area contributed by atoms with Gasteiger partial charge >= 0.3 is 12.4 Å². The van der Waals surface area contributed by atoms with Gasteiger partial charge < -0.3 is 5.32 Å². The maximum absolute atomic E-state index is 13.4. The summed E-state index contributed by atoms with van der Waals surface area (Å²) in [5.74, 6) is 3.41. The minimum Gasteiger partial charge on any atom is -0.300 e. The Morgan fingerprint density at radius 3 is 2.47 bits per heavy atom. The molecule has 1 aromatic carbocycles. The summed E-state index contributed by atoms with van der Waals surface area (Å²) in [7, 11) is 0. The molecule has 3 atom stereocenters. The minimum absolute atomic E-state index is 0.0764. The number of hydrogen-bond acceptors (Lipinski definition) is 4. The predicted octanol–water partition coefficient (Wildman–Crippen LogP) is 4.77. The first-order valence-corrected chi connectivity index (χ1v) is 10.5. The number of allylic oxidation sites excluding steroid dienone is 1. The van der Waals surface area contributed by atoms with Crippen molar-refractivity contribution in [2.24, 2.45) is 22.7 Å². The van der Waals surface area contributed by atoms with Crippen molar-refractivity contribution < 1.29 is 31.1 Å². The third kappa shape index (κ3) is 4.66. The molecule has 2 heterocycles. The van der Waals surface area contributed by atoms with Crippen LogP contribution < -0.4 is 5.32 Å². The zero-order chi connectivity index (χ0) is 23.3. The molecule has 1 aliphatic carbocycles. The lowest BCUT2D eigenvalue weighted by atomic mass is 10.0. The SMILES string of the molecule is C#CCN=C1NC(=O)SC1=CC1[C@H]2CN(Cc3ccc(C(F)(F)F)cc3C(F)(F)F)C[C@@H]12. The fourth-order valence-electron chi connectivity index (χ4n) is 4.29. The number of alkyl halides is 6. The van der Waals surface area contributed by atoms with Crippen molar-refractivity contribution in [2.75, 3.05) is 19.6 Å². The Hall–Kier alpha value is -2.45. The van der Waals surface area contributed by atoms with Gasteiger partial charge in [-0.3, -0.25) is 14.7 Å². The van der Waals surface area contributed by atoms with Crippen LogP contribution in [0.4, 0.5) is 31.1 Å². The first-order valence-electron chi connectivity index (χ1n) is 9.66. The molecule has 3 aliphatic rings. The molecule has 2 aliphatic heterocycles. The highest BCUT2D eigenvalue weighted by Gasteiger charge is 2.55. The Kier molecular flexibility index (Phi) is 5.79.